The maximum atomic E-state index is 6.39. The van der Waals surface area contributed by atoms with Gasteiger partial charge in [-0.05, 0) is 43.5 Å². The largest absolute Gasteiger partial charge is 0.130 e. The van der Waals surface area contributed by atoms with Crippen LogP contribution in [0.2, 0.25) is 0 Å². The molecule has 0 aliphatic carbocycles. The fourth-order valence-corrected chi connectivity index (χ4v) is 3.71. The number of thiophene rings is 1. The fourth-order valence-electron chi connectivity index (χ4n) is 1.27. The molecule has 78 valence electrons. The highest BCUT2D eigenvalue weighted by Crippen LogP contribution is 2.40. The van der Waals surface area contributed by atoms with E-state index in [1.165, 1.54) is 0 Å². The summed E-state index contributed by atoms with van der Waals surface area (Å²) in [6, 6.07) is 12.1. The number of hydrogen-bond donors (Lipinski definition) is 0. The summed E-state index contributed by atoms with van der Waals surface area (Å²) in [6.45, 7) is 0. The minimum Gasteiger partial charge on any atom is -0.130 e. The van der Waals surface area contributed by atoms with Crippen molar-refractivity contribution in [2.24, 2.45) is 0 Å². The van der Waals surface area contributed by atoms with E-state index in [-0.39, 0.29) is 5.38 Å². The normalized spacial score (nSPS) is 12.7. The first-order valence-corrected chi connectivity index (χ1v) is 7.16. The molecular weight excluding hydrogens is 359 g/mol. The second-order valence-corrected chi connectivity index (χ2v) is 6.74. The Bertz CT molecular complexity index is 433. The molecule has 0 spiro atoms. The zero-order valence-electron chi connectivity index (χ0n) is 7.58. The van der Waals surface area contributed by atoms with Crippen molar-refractivity contribution in [1.82, 2.24) is 0 Å². The summed E-state index contributed by atoms with van der Waals surface area (Å²) in [4.78, 5) is 1.14. The highest BCUT2D eigenvalue weighted by atomic mass is 79.9. The second kappa shape index (κ2) is 5.00. The molecule has 1 aromatic heterocycles. The lowest BCUT2D eigenvalue weighted by Gasteiger charge is -2.06. The monoisotopic (exact) mass is 364 g/mol. The summed E-state index contributed by atoms with van der Waals surface area (Å²) >= 11 is 15.0. The fraction of sp³-hybridized carbons (Fsp3) is 0.0909. The van der Waals surface area contributed by atoms with E-state index in [1.54, 1.807) is 11.3 Å². The second-order valence-electron chi connectivity index (χ2n) is 3.04. The molecule has 0 saturated heterocycles. The van der Waals surface area contributed by atoms with Crippen LogP contribution in [-0.4, -0.2) is 0 Å². The molecule has 0 radical (unpaired) electrons. The van der Waals surface area contributed by atoms with Gasteiger partial charge in [-0.1, -0.05) is 30.3 Å². The summed E-state index contributed by atoms with van der Waals surface area (Å²) in [5, 5.41) is -0.0706. The Hall–Kier alpha value is 0.170. The van der Waals surface area contributed by atoms with Gasteiger partial charge in [-0.15, -0.1) is 22.9 Å². The molecule has 1 unspecified atom stereocenters. The molecule has 4 heteroatoms. The van der Waals surface area contributed by atoms with Gasteiger partial charge in [-0.2, -0.15) is 0 Å². The van der Waals surface area contributed by atoms with Crippen LogP contribution in [0.5, 0.6) is 0 Å². The van der Waals surface area contributed by atoms with Crippen molar-refractivity contribution in [3.8, 4) is 0 Å². The van der Waals surface area contributed by atoms with Crippen LogP contribution in [-0.2, 0) is 0 Å². The molecule has 0 nitrogen and oxygen atoms in total. The van der Waals surface area contributed by atoms with Crippen molar-refractivity contribution >= 4 is 54.8 Å². The molecule has 1 aromatic carbocycles. The van der Waals surface area contributed by atoms with E-state index >= 15 is 0 Å². The molecule has 0 aliphatic heterocycles. The summed E-state index contributed by atoms with van der Waals surface area (Å²) in [6.07, 6.45) is 0. The quantitative estimate of drug-likeness (QED) is 0.607. The Morgan fingerprint density at radius 1 is 1.13 bits per heavy atom. The van der Waals surface area contributed by atoms with Crippen molar-refractivity contribution in [1.29, 1.82) is 0 Å². The van der Waals surface area contributed by atoms with Crippen LogP contribution < -0.4 is 0 Å². The highest BCUT2D eigenvalue weighted by molar-refractivity contribution is 9.13. The van der Waals surface area contributed by atoms with Gasteiger partial charge in [0.15, 0.2) is 0 Å². The SMILES string of the molecule is ClC(c1ccccc1)c1cc(Br)c(Br)s1. The lowest BCUT2D eigenvalue weighted by atomic mass is 10.1. The van der Waals surface area contributed by atoms with E-state index in [9.17, 15) is 0 Å². The molecule has 15 heavy (non-hydrogen) atoms. The van der Waals surface area contributed by atoms with Gasteiger partial charge in [0.1, 0.15) is 0 Å². The predicted molar refractivity (Wildman–Crippen MR) is 73.9 cm³/mol. The highest BCUT2D eigenvalue weighted by Gasteiger charge is 2.14. The molecule has 1 atom stereocenters. The number of hydrogen-bond acceptors (Lipinski definition) is 1. The van der Waals surface area contributed by atoms with Crippen LogP contribution >= 0.6 is 54.8 Å². The summed E-state index contributed by atoms with van der Waals surface area (Å²) in [7, 11) is 0. The zero-order chi connectivity index (χ0) is 10.8. The molecule has 0 N–H and O–H groups in total. The Labute approximate surface area is 115 Å². The lowest BCUT2D eigenvalue weighted by molar-refractivity contribution is 1.18. The van der Waals surface area contributed by atoms with Gasteiger partial charge >= 0.3 is 0 Å². The van der Waals surface area contributed by atoms with E-state index in [4.69, 9.17) is 11.6 Å². The van der Waals surface area contributed by atoms with E-state index in [2.05, 4.69) is 37.9 Å². The van der Waals surface area contributed by atoms with E-state index in [0.717, 1.165) is 18.7 Å². The third-order valence-corrected chi connectivity index (χ3v) is 5.94. The van der Waals surface area contributed by atoms with Gasteiger partial charge in [0.25, 0.3) is 0 Å². The topological polar surface area (TPSA) is 0 Å². The minimum absolute atomic E-state index is 0.0706. The maximum absolute atomic E-state index is 6.39. The third-order valence-electron chi connectivity index (χ3n) is 2.01. The van der Waals surface area contributed by atoms with E-state index < -0.39 is 0 Å². The Kier molecular flexibility index (Phi) is 3.88. The average molecular weight is 367 g/mol. The van der Waals surface area contributed by atoms with Crippen LogP contribution in [0.25, 0.3) is 0 Å². The summed E-state index contributed by atoms with van der Waals surface area (Å²) in [5.41, 5.74) is 1.13. The number of alkyl halides is 1. The molecule has 0 fully saturated rings. The van der Waals surface area contributed by atoms with Crippen molar-refractivity contribution in [2.45, 2.75) is 5.38 Å². The van der Waals surface area contributed by atoms with Gasteiger partial charge in [0.05, 0.1) is 9.16 Å². The minimum atomic E-state index is -0.0706. The van der Waals surface area contributed by atoms with Gasteiger partial charge < -0.3 is 0 Å². The number of halogens is 3. The smallest absolute Gasteiger partial charge is 0.0928 e. The van der Waals surface area contributed by atoms with E-state index in [1.807, 2.05) is 30.3 Å². The number of rotatable bonds is 2. The molecule has 1 heterocycles. The van der Waals surface area contributed by atoms with Crippen molar-refractivity contribution in [3.63, 3.8) is 0 Å². The molecule has 2 rings (SSSR count). The van der Waals surface area contributed by atoms with Crippen molar-refractivity contribution in [3.05, 3.63) is 55.1 Å². The summed E-state index contributed by atoms with van der Waals surface area (Å²) in [5.74, 6) is 0. The van der Waals surface area contributed by atoms with Gasteiger partial charge in [-0.3, -0.25) is 0 Å². The maximum Gasteiger partial charge on any atom is 0.0928 e. The van der Waals surface area contributed by atoms with Crippen LogP contribution in [0.3, 0.4) is 0 Å². The molecule has 0 bridgehead atoms. The molecule has 2 aromatic rings. The first-order chi connectivity index (χ1) is 7.18. The number of benzene rings is 1. The van der Waals surface area contributed by atoms with Crippen LogP contribution in [0.15, 0.2) is 44.7 Å². The summed E-state index contributed by atoms with van der Waals surface area (Å²) < 4.78 is 2.14. The van der Waals surface area contributed by atoms with Gasteiger partial charge in [0.2, 0.25) is 0 Å². The van der Waals surface area contributed by atoms with Gasteiger partial charge in [0, 0.05) is 9.35 Å². The Morgan fingerprint density at radius 3 is 2.33 bits per heavy atom. The van der Waals surface area contributed by atoms with Crippen LogP contribution in [0.1, 0.15) is 15.8 Å². The van der Waals surface area contributed by atoms with Crippen molar-refractivity contribution in [2.75, 3.05) is 0 Å². The first kappa shape index (κ1) is 11.6. The molecule has 0 amide bonds. The average Bonchev–Trinajstić information content (AvgIpc) is 2.59. The lowest BCUT2D eigenvalue weighted by Crippen LogP contribution is -1.88. The molecule has 0 saturated carbocycles. The van der Waals surface area contributed by atoms with Crippen LogP contribution in [0.4, 0.5) is 0 Å². The zero-order valence-corrected chi connectivity index (χ0v) is 12.3. The first-order valence-electron chi connectivity index (χ1n) is 4.32. The third kappa shape index (κ3) is 2.64. The van der Waals surface area contributed by atoms with Crippen LogP contribution in [0, 0.1) is 0 Å². The Morgan fingerprint density at radius 2 is 1.80 bits per heavy atom. The van der Waals surface area contributed by atoms with Crippen molar-refractivity contribution < 1.29 is 0 Å². The molecular formula is C11H7Br2ClS. The Balaban J connectivity index is 2.32. The standard InChI is InChI=1S/C11H7Br2ClS/c12-8-6-9(15-11(8)13)10(14)7-4-2-1-3-5-7/h1-6,10H. The van der Waals surface area contributed by atoms with E-state index in [0.29, 0.717) is 0 Å². The predicted octanol–water partition coefficient (Wildman–Crippen LogP) is 5.60. The molecule has 0 aliphatic rings. The van der Waals surface area contributed by atoms with Gasteiger partial charge in [-0.25, -0.2) is 0 Å².